The predicted octanol–water partition coefficient (Wildman–Crippen LogP) is 4.44. The number of urea groups is 1. The quantitative estimate of drug-likeness (QED) is 0.647. The predicted molar refractivity (Wildman–Crippen MR) is 143 cm³/mol. The maximum Gasteiger partial charge on any atom is 0.325 e. The van der Waals surface area contributed by atoms with Crippen LogP contribution in [0.25, 0.3) is 0 Å². The number of benzene rings is 1. The van der Waals surface area contributed by atoms with Crippen LogP contribution >= 0.6 is 0 Å². The van der Waals surface area contributed by atoms with Crippen LogP contribution in [-0.2, 0) is 13.6 Å². The molecule has 0 bridgehead atoms. The number of likely N-dealkylation sites (N-methyl/N-ethyl adjacent to an activating group) is 1. The maximum absolute atomic E-state index is 13.8. The molecule has 2 amide bonds. The summed E-state index contributed by atoms with van der Waals surface area (Å²) in [5.74, 6) is 1.60. The van der Waals surface area contributed by atoms with Crippen molar-refractivity contribution in [2.45, 2.75) is 64.8 Å². The van der Waals surface area contributed by atoms with Gasteiger partial charge in [-0.1, -0.05) is 13.0 Å². The third-order valence-corrected chi connectivity index (χ3v) is 8.97. The average molecular weight is 509 g/mol. The molecule has 8 nitrogen and oxygen atoms in total. The van der Waals surface area contributed by atoms with E-state index in [0.29, 0.717) is 26.2 Å². The molecule has 1 spiro atoms. The van der Waals surface area contributed by atoms with E-state index < -0.39 is 6.23 Å². The van der Waals surface area contributed by atoms with Gasteiger partial charge in [0.05, 0.1) is 26.3 Å². The first-order valence-corrected chi connectivity index (χ1v) is 13.3. The first-order valence-electron chi connectivity index (χ1n) is 13.3. The number of carbonyl (C=O) groups is 1. The summed E-state index contributed by atoms with van der Waals surface area (Å²) in [4.78, 5) is 20.0. The number of aryl methyl sites for hydroxylation is 1. The average Bonchev–Trinajstić information content (AvgIpc) is 3.19. The van der Waals surface area contributed by atoms with Gasteiger partial charge in [-0.05, 0) is 51.3 Å². The van der Waals surface area contributed by atoms with Gasteiger partial charge in [-0.2, -0.15) is 0 Å². The van der Waals surface area contributed by atoms with Gasteiger partial charge in [0.2, 0.25) is 0 Å². The number of carbonyl (C=O) groups excluding carboxylic acids is 1. The van der Waals surface area contributed by atoms with Crippen LogP contribution in [0.1, 0.15) is 66.9 Å². The lowest BCUT2D eigenvalue weighted by atomic mass is 9.81. The standard InChI is InChI=1S/C29H40N4O4/c1-8-33-28(35)32-17-21-15-22(36-6)16-24(37-7)26(21)18(2)13-25(32)29(33)9-11-31(12-10-29)27(34)23-14-19(3)30(5)20(23)4/h13-16,18,27,34H,8-12,17H2,1-7H3. The maximum atomic E-state index is 13.8. The fourth-order valence-electron chi connectivity index (χ4n) is 6.75. The van der Waals surface area contributed by atoms with E-state index in [2.05, 4.69) is 54.2 Å². The van der Waals surface area contributed by atoms with Crippen LogP contribution in [0.3, 0.4) is 0 Å². The van der Waals surface area contributed by atoms with E-state index in [1.165, 1.54) is 0 Å². The lowest BCUT2D eigenvalue weighted by Crippen LogP contribution is -2.54. The summed E-state index contributed by atoms with van der Waals surface area (Å²) in [5, 5.41) is 11.3. The summed E-state index contributed by atoms with van der Waals surface area (Å²) < 4.78 is 13.4. The summed E-state index contributed by atoms with van der Waals surface area (Å²) in [6.07, 6.45) is 3.18. The molecule has 200 valence electrons. The molecule has 8 heteroatoms. The van der Waals surface area contributed by atoms with Crippen molar-refractivity contribution in [3.05, 3.63) is 58.1 Å². The van der Waals surface area contributed by atoms with Gasteiger partial charge in [0.1, 0.15) is 17.7 Å². The first kappa shape index (κ1) is 25.7. The van der Waals surface area contributed by atoms with E-state index >= 15 is 0 Å². The Morgan fingerprint density at radius 1 is 1.14 bits per heavy atom. The number of rotatable bonds is 5. The van der Waals surface area contributed by atoms with Crippen molar-refractivity contribution in [3.63, 3.8) is 0 Å². The number of aromatic nitrogens is 1. The fraction of sp³-hybridized carbons (Fsp3) is 0.552. The highest BCUT2D eigenvalue weighted by Gasteiger charge is 2.55. The second kappa shape index (κ2) is 9.40. The number of aliphatic hydroxyl groups excluding tert-OH is 1. The number of aliphatic hydroxyl groups is 1. The molecule has 1 N–H and O–H groups in total. The Hall–Kier alpha value is -2.97. The zero-order chi connectivity index (χ0) is 26.6. The Kier molecular flexibility index (Phi) is 6.52. The molecule has 3 aliphatic rings. The molecule has 2 aromatic rings. The van der Waals surface area contributed by atoms with Gasteiger partial charge in [0, 0.05) is 66.9 Å². The van der Waals surface area contributed by atoms with Gasteiger partial charge >= 0.3 is 6.03 Å². The molecule has 0 aliphatic carbocycles. The highest BCUT2D eigenvalue weighted by molar-refractivity contribution is 5.83. The zero-order valence-corrected chi connectivity index (χ0v) is 23.2. The molecule has 0 saturated carbocycles. The SMILES string of the molecule is CCN1C(=O)N2Cc3cc(OC)cc(OC)c3C(C)C=C2C12CCN(C(O)c1cc(C)n(C)c1C)CC2. The molecule has 2 unspecified atom stereocenters. The smallest absolute Gasteiger partial charge is 0.325 e. The molecule has 0 radical (unpaired) electrons. The van der Waals surface area contributed by atoms with Crippen LogP contribution in [0.15, 0.2) is 30.0 Å². The number of hydrogen-bond donors (Lipinski definition) is 1. The third-order valence-electron chi connectivity index (χ3n) is 8.97. The molecule has 5 rings (SSSR count). The van der Waals surface area contributed by atoms with Crippen molar-refractivity contribution < 1.29 is 19.4 Å². The number of allylic oxidation sites excluding steroid dienone is 1. The van der Waals surface area contributed by atoms with Gasteiger partial charge < -0.3 is 24.0 Å². The van der Waals surface area contributed by atoms with Gasteiger partial charge in [-0.25, -0.2) is 4.79 Å². The largest absolute Gasteiger partial charge is 0.497 e. The van der Waals surface area contributed by atoms with Crippen molar-refractivity contribution in [1.29, 1.82) is 0 Å². The van der Waals surface area contributed by atoms with Crippen molar-refractivity contribution in [2.75, 3.05) is 33.9 Å². The van der Waals surface area contributed by atoms with Crippen molar-refractivity contribution >= 4 is 6.03 Å². The number of likely N-dealkylation sites (tertiary alicyclic amines) is 1. The van der Waals surface area contributed by atoms with E-state index in [9.17, 15) is 9.90 Å². The zero-order valence-electron chi connectivity index (χ0n) is 23.2. The number of hydrogen-bond acceptors (Lipinski definition) is 5. The minimum Gasteiger partial charge on any atom is -0.497 e. The highest BCUT2D eigenvalue weighted by Crippen LogP contribution is 2.49. The summed E-state index contributed by atoms with van der Waals surface area (Å²) in [6, 6.07) is 6.09. The van der Waals surface area contributed by atoms with Gasteiger partial charge in [-0.3, -0.25) is 9.80 Å². The summed E-state index contributed by atoms with van der Waals surface area (Å²) in [7, 11) is 5.37. The summed E-state index contributed by atoms with van der Waals surface area (Å²) >= 11 is 0. The molecule has 2 atom stereocenters. The molecule has 1 aromatic heterocycles. The Morgan fingerprint density at radius 3 is 2.41 bits per heavy atom. The van der Waals surface area contributed by atoms with E-state index in [1.807, 2.05) is 24.1 Å². The Balaban J connectivity index is 1.48. The number of ether oxygens (including phenoxy) is 2. The van der Waals surface area contributed by atoms with Crippen molar-refractivity contribution in [3.8, 4) is 11.5 Å². The Bertz CT molecular complexity index is 1240. The molecular formula is C29H40N4O4. The lowest BCUT2D eigenvalue weighted by molar-refractivity contribution is -0.0334. The number of nitrogens with zero attached hydrogens (tertiary/aromatic N) is 4. The van der Waals surface area contributed by atoms with Crippen LogP contribution in [0.4, 0.5) is 4.79 Å². The summed E-state index contributed by atoms with van der Waals surface area (Å²) in [5.41, 5.74) is 6.06. The number of piperidine rings is 1. The first-order chi connectivity index (χ1) is 17.7. The minimum atomic E-state index is -0.649. The highest BCUT2D eigenvalue weighted by atomic mass is 16.5. The second-order valence-corrected chi connectivity index (χ2v) is 10.7. The van der Waals surface area contributed by atoms with Crippen LogP contribution < -0.4 is 9.47 Å². The monoisotopic (exact) mass is 508 g/mol. The number of methoxy groups -OCH3 is 2. The van der Waals surface area contributed by atoms with E-state index in [-0.39, 0.29) is 17.5 Å². The number of amides is 2. The van der Waals surface area contributed by atoms with E-state index in [4.69, 9.17) is 9.47 Å². The normalized spacial score (nSPS) is 22.0. The Labute approximate surface area is 220 Å². The molecule has 2 fully saturated rings. The van der Waals surface area contributed by atoms with E-state index in [1.54, 1.807) is 14.2 Å². The topological polar surface area (TPSA) is 70.4 Å². The molecule has 4 heterocycles. The van der Waals surface area contributed by atoms with Gasteiger partial charge in [0.15, 0.2) is 0 Å². The van der Waals surface area contributed by atoms with Gasteiger partial charge in [0.25, 0.3) is 0 Å². The van der Waals surface area contributed by atoms with Crippen molar-refractivity contribution in [1.82, 2.24) is 19.3 Å². The molecule has 37 heavy (non-hydrogen) atoms. The fourth-order valence-corrected chi connectivity index (χ4v) is 6.75. The van der Waals surface area contributed by atoms with Crippen LogP contribution in [0.2, 0.25) is 0 Å². The van der Waals surface area contributed by atoms with Crippen LogP contribution in [0, 0.1) is 13.8 Å². The molecule has 3 aliphatic heterocycles. The van der Waals surface area contributed by atoms with Gasteiger partial charge in [-0.15, -0.1) is 0 Å². The van der Waals surface area contributed by atoms with E-state index in [0.717, 1.165) is 58.1 Å². The lowest BCUT2D eigenvalue weighted by Gasteiger charge is -2.45. The molecule has 2 saturated heterocycles. The Morgan fingerprint density at radius 2 is 1.84 bits per heavy atom. The molecular weight excluding hydrogens is 468 g/mol. The summed E-state index contributed by atoms with van der Waals surface area (Å²) in [6.45, 7) is 10.9. The van der Waals surface area contributed by atoms with Crippen molar-refractivity contribution in [2.24, 2.45) is 7.05 Å². The van der Waals surface area contributed by atoms with Crippen LogP contribution in [0.5, 0.6) is 11.5 Å². The van der Waals surface area contributed by atoms with Crippen LogP contribution in [-0.4, -0.2) is 69.8 Å². The second-order valence-electron chi connectivity index (χ2n) is 10.7. The molecule has 1 aromatic carbocycles. The third kappa shape index (κ3) is 3.84. The number of fused-ring (bicyclic) bond motifs is 3. The minimum absolute atomic E-state index is 0.0547.